The molecular formula is C31H21ClN4O4S. The Bertz CT molecular complexity index is 2120. The zero-order chi connectivity index (χ0) is 28.6. The third-order valence-electron chi connectivity index (χ3n) is 6.61. The van der Waals surface area contributed by atoms with Crippen LogP contribution in [-0.2, 0) is 21.2 Å². The number of carbonyl (C=O) groups excluding carboxylic acids is 1. The number of hydrogen-bond donors (Lipinski definition) is 2. The number of halogens is 1. The number of sulfonamides is 1. The average molecular weight is 581 g/mol. The van der Waals surface area contributed by atoms with Crippen LogP contribution in [0.5, 0.6) is 0 Å². The molecule has 8 nitrogen and oxygen atoms in total. The molecule has 1 amide bonds. The molecule has 0 atom stereocenters. The van der Waals surface area contributed by atoms with E-state index in [1.807, 2.05) is 53.3 Å². The molecule has 0 saturated carbocycles. The third kappa shape index (κ3) is 5.20. The Balaban J connectivity index is 1.45. The molecule has 3 aromatic heterocycles. The summed E-state index contributed by atoms with van der Waals surface area (Å²) < 4.78 is 27.2. The summed E-state index contributed by atoms with van der Waals surface area (Å²) in [6.45, 7) is 0. The number of carbonyl (C=O) groups is 1. The number of hydrogen-bond acceptors (Lipinski definition) is 6. The minimum Gasteiger partial charge on any atom is -0.346 e. The van der Waals surface area contributed by atoms with Gasteiger partial charge in [-0.05, 0) is 42.0 Å². The SMILES string of the molecule is O=C(Cc1c[nH]c2nc(-c3ccccc3)c(-c3cc(Cl)c4ncccc4c3)cc2c1=O)NS(=O)(=O)c1ccccc1. The van der Waals surface area contributed by atoms with Crippen LogP contribution in [0, 0.1) is 0 Å². The van der Waals surface area contributed by atoms with Crippen molar-refractivity contribution >= 4 is 49.5 Å². The normalized spacial score (nSPS) is 11.5. The summed E-state index contributed by atoms with van der Waals surface area (Å²) in [6.07, 6.45) is 2.61. The number of nitrogens with one attached hydrogen (secondary N) is 2. The lowest BCUT2D eigenvalue weighted by Gasteiger charge is -2.13. The van der Waals surface area contributed by atoms with E-state index in [0.29, 0.717) is 27.4 Å². The number of pyridine rings is 3. The van der Waals surface area contributed by atoms with Crippen molar-refractivity contribution in [2.24, 2.45) is 0 Å². The van der Waals surface area contributed by atoms with E-state index in [1.54, 1.807) is 36.5 Å². The lowest BCUT2D eigenvalue weighted by molar-refractivity contribution is -0.118. The van der Waals surface area contributed by atoms with Crippen molar-refractivity contribution in [2.45, 2.75) is 11.3 Å². The predicted molar refractivity (Wildman–Crippen MR) is 159 cm³/mol. The molecule has 0 fully saturated rings. The molecule has 3 aromatic carbocycles. The molecule has 0 bridgehead atoms. The summed E-state index contributed by atoms with van der Waals surface area (Å²) in [5.41, 5.74) is 3.51. The largest absolute Gasteiger partial charge is 0.346 e. The summed E-state index contributed by atoms with van der Waals surface area (Å²) in [4.78, 5) is 38.4. The van der Waals surface area contributed by atoms with Crippen molar-refractivity contribution in [1.82, 2.24) is 19.7 Å². The van der Waals surface area contributed by atoms with Gasteiger partial charge < -0.3 is 4.98 Å². The molecule has 2 N–H and O–H groups in total. The van der Waals surface area contributed by atoms with Gasteiger partial charge in [-0.3, -0.25) is 14.6 Å². The van der Waals surface area contributed by atoms with E-state index in [4.69, 9.17) is 16.6 Å². The van der Waals surface area contributed by atoms with Gasteiger partial charge in [0.05, 0.1) is 32.9 Å². The number of amides is 1. The van der Waals surface area contributed by atoms with Crippen LogP contribution in [0.2, 0.25) is 5.02 Å². The maximum Gasteiger partial charge on any atom is 0.264 e. The Kier molecular flexibility index (Phi) is 6.82. The van der Waals surface area contributed by atoms with Crippen molar-refractivity contribution in [3.63, 3.8) is 0 Å². The molecule has 6 rings (SSSR count). The Labute approximate surface area is 239 Å². The van der Waals surface area contributed by atoms with E-state index in [9.17, 15) is 18.0 Å². The number of nitrogens with zero attached hydrogens (tertiary/aromatic N) is 2. The zero-order valence-electron chi connectivity index (χ0n) is 21.3. The zero-order valence-corrected chi connectivity index (χ0v) is 22.9. The molecule has 0 spiro atoms. The van der Waals surface area contributed by atoms with E-state index in [1.165, 1.54) is 18.3 Å². The molecule has 0 aliphatic carbocycles. The molecular weight excluding hydrogens is 560 g/mol. The summed E-state index contributed by atoms with van der Waals surface area (Å²) in [5.74, 6) is -0.832. The van der Waals surface area contributed by atoms with Gasteiger partial charge in [0.15, 0.2) is 5.43 Å². The summed E-state index contributed by atoms with van der Waals surface area (Å²) in [5, 5.41) is 1.53. The Morgan fingerprint density at radius 1 is 0.902 bits per heavy atom. The molecule has 3 heterocycles. The standard InChI is InChI=1S/C31H21ClN4O4S/c32-26-15-21(14-20-10-7-13-33-29(20)26)24-17-25-30(38)22(16-27(37)36-41(39,40)23-11-5-2-6-12-23)18-34-31(25)35-28(24)19-8-3-1-4-9-19/h1-15,17-18H,16H2,(H,36,37)(H,34,35,38). The molecule has 10 heteroatoms. The maximum absolute atomic E-state index is 13.6. The first kappa shape index (κ1) is 26.4. The van der Waals surface area contributed by atoms with Crippen LogP contribution >= 0.6 is 11.6 Å². The van der Waals surface area contributed by atoms with Gasteiger partial charge in [-0.25, -0.2) is 18.1 Å². The van der Waals surface area contributed by atoms with Crippen LogP contribution in [-0.4, -0.2) is 29.3 Å². The third-order valence-corrected chi connectivity index (χ3v) is 8.29. The smallest absolute Gasteiger partial charge is 0.264 e. The maximum atomic E-state index is 13.6. The number of benzene rings is 3. The fraction of sp³-hybridized carbons (Fsp3) is 0.0323. The molecule has 6 aromatic rings. The summed E-state index contributed by atoms with van der Waals surface area (Å²) in [6, 6.07) is 26.3. The van der Waals surface area contributed by atoms with Crippen LogP contribution in [0.4, 0.5) is 0 Å². The lowest BCUT2D eigenvalue weighted by Crippen LogP contribution is -2.33. The molecule has 0 unspecified atom stereocenters. The number of aromatic amines is 1. The van der Waals surface area contributed by atoms with E-state index in [2.05, 4.69) is 9.97 Å². The number of H-pyrrole nitrogens is 1. The van der Waals surface area contributed by atoms with Crippen LogP contribution < -0.4 is 10.2 Å². The molecule has 0 saturated heterocycles. The second-order valence-electron chi connectivity index (χ2n) is 9.34. The van der Waals surface area contributed by atoms with Gasteiger partial charge in [0.2, 0.25) is 5.91 Å². The van der Waals surface area contributed by atoms with Gasteiger partial charge in [0.1, 0.15) is 5.65 Å². The Morgan fingerprint density at radius 2 is 1.63 bits per heavy atom. The highest BCUT2D eigenvalue weighted by Crippen LogP contribution is 2.36. The number of fused-ring (bicyclic) bond motifs is 2. The van der Waals surface area contributed by atoms with E-state index in [0.717, 1.165) is 16.5 Å². The summed E-state index contributed by atoms with van der Waals surface area (Å²) >= 11 is 6.60. The highest BCUT2D eigenvalue weighted by molar-refractivity contribution is 7.90. The van der Waals surface area contributed by atoms with Crippen LogP contribution in [0.25, 0.3) is 44.3 Å². The monoisotopic (exact) mass is 580 g/mol. The van der Waals surface area contributed by atoms with Crippen molar-refractivity contribution in [3.05, 3.63) is 124 Å². The second-order valence-corrected chi connectivity index (χ2v) is 11.4. The Hall–Kier alpha value is -4.86. The van der Waals surface area contributed by atoms with E-state index >= 15 is 0 Å². The van der Waals surface area contributed by atoms with Gasteiger partial charge in [0.25, 0.3) is 10.0 Å². The van der Waals surface area contributed by atoms with Gasteiger partial charge in [-0.2, -0.15) is 0 Å². The number of aromatic nitrogens is 3. The van der Waals surface area contributed by atoms with Crippen LogP contribution in [0.15, 0.2) is 113 Å². The minimum atomic E-state index is -4.08. The first-order valence-corrected chi connectivity index (χ1v) is 14.4. The highest BCUT2D eigenvalue weighted by Gasteiger charge is 2.20. The van der Waals surface area contributed by atoms with Crippen LogP contribution in [0.1, 0.15) is 5.56 Å². The van der Waals surface area contributed by atoms with Crippen molar-refractivity contribution in [3.8, 4) is 22.4 Å². The molecule has 0 aliphatic rings. The van der Waals surface area contributed by atoms with Gasteiger partial charge >= 0.3 is 0 Å². The first-order chi connectivity index (χ1) is 19.8. The van der Waals surface area contributed by atoms with Crippen molar-refractivity contribution in [2.75, 3.05) is 0 Å². The van der Waals surface area contributed by atoms with Crippen molar-refractivity contribution < 1.29 is 13.2 Å². The lowest BCUT2D eigenvalue weighted by atomic mass is 9.96. The van der Waals surface area contributed by atoms with Crippen LogP contribution in [0.3, 0.4) is 0 Å². The number of rotatable bonds is 6. The van der Waals surface area contributed by atoms with Gasteiger partial charge in [-0.1, -0.05) is 66.2 Å². The molecule has 0 radical (unpaired) electrons. The summed E-state index contributed by atoms with van der Waals surface area (Å²) in [7, 11) is -4.08. The fourth-order valence-electron chi connectivity index (χ4n) is 4.68. The van der Waals surface area contributed by atoms with Gasteiger partial charge in [0, 0.05) is 34.5 Å². The van der Waals surface area contributed by atoms with E-state index < -0.39 is 27.8 Å². The minimum absolute atomic E-state index is 0.0488. The Morgan fingerprint density at radius 3 is 2.39 bits per heavy atom. The quantitative estimate of drug-likeness (QED) is 0.268. The highest BCUT2D eigenvalue weighted by atomic mass is 35.5. The fourth-order valence-corrected chi connectivity index (χ4v) is 5.96. The molecule has 202 valence electrons. The first-order valence-electron chi connectivity index (χ1n) is 12.6. The molecule has 0 aliphatic heterocycles. The van der Waals surface area contributed by atoms with Gasteiger partial charge in [-0.15, -0.1) is 0 Å². The van der Waals surface area contributed by atoms with Crippen molar-refractivity contribution in [1.29, 1.82) is 0 Å². The predicted octanol–water partition coefficient (Wildman–Crippen LogP) is 5.51. The molecule has 41 heavy (non-hydrogen) atoms. The average Bonchev–Trinajstić information content (AvgIpc) is 2.99. The van der Waals surface area contributed by atoms with E-state index in [-0.39, 0.29) is 15.8 Å². The second kappa shape index (κ2) is 10.6. The topological polar surface area (TPSA) is 122 Å².